The van der Waals surface area contributed by atoms with Crippen LogP contribution in [-0.4, -0.2) is 124 Å². The SMILES string of the molecule is CC(C)C(=O)CCC(=O)CNC(=O)[C@H](CO)CC(=O)CNC(=O)[C@H](CO)CC(=O)CN(C)C(=O)CC[C@H](CC(=O)CCCCCCCCCCCCCCCCC(=O)O)C(=O)O. The fraction of sp³-hybridized carbons (Fsp3) is 0.778. The highest BCUT2D eigenvalue weighted by Gasteiger charge is 2.27. The number of aliphatic carboxylic acids is 2. The van der Waals surface area contributed by atoms with Gasteiger partial charge in [0.2, 0.25) is 17.7 Å². The molecule has 0 unspecified atom stereocenters. The number of aliphatic hydroxyl groups excluding tert-OH is 2. The van der Waals surface area contributed by atoms with Gasteiger partial charge in [-0.1, -0.05) is 90.9 Å². The smallest absolute Gasteiger partial charge is 0.306 e. The second-order valence-electron chi connectivity index (χ2n) is 16.7. The van der Waals surface area contributed by atoms with Gasteiger partial charge in [0.05, 0.1) is 50.6 Å². The molecule has 3 atom stereocenters. The maximum Gasteiger partial charge on any atom is 0.306 e. The predicted molar refractivity (Wildman–Crippen MR) is 230 cm³/mol. The van der Waals surface area contributed by atoms with E-state index in [1.54, 1.807) is 13.8 Å². The number of hydrogen-bond donors (Lipinski definition) is 6. The average molecular weight is 882 g/mol. The molecule has 0 fully saturated rings. The molecule has 3 amide bonds. The molecule has 62 heavy (non-hydrogen) atoms. The average Bonchev–Trinajstić information content (AvgIpc) is 3.22. The molecule has 0 aromatic rings. The molecule has 17 nitrogen and oxygen atoms in total. The molecule has 0 saturated heterocycles. The number of nitrogens with zero attached hydrogens (tertiary/aromatic N) is 1. The first kappa shape index (κ1) is 57.6. The third-order valence-electron chi connectivity index (χ3n) is 10.8. The van der Waals surface area contributed by atoms with Crippen LogP contribution in [0.2, 0.25) is 0 Å². The summed E-state index contributed by atoms with van der Waals surface area (Å²) in [6, 6.07) is 0. The largest absolute Gasteiger partial charge is 0.481 e. The number of carboxylic acids is 2. The van der Waals surface area contributed by atoms with Gasteiger partial charge in [-0.15, -0.1) is 0 Å². The summed E-state index contributed by atoms with van der Waals surface area (Å²) < 4.78 is 0. The van der Waals surface area contributed by atoms with Gasteiger partial charge in [0.25, 0.3) is 0 Å². The molecule has 0 bridgehead atoms. The minimum absolute atomic E-state index is 0.0379. The van der Waals surface area contributed by atoms with Gasteiger partial charge in [-0.05, 0) is 19.3 Å². The van der Waals surface area contributed by atoms with Gasteiger partial charge < -0.3 is 36.0 Å². The normalized spacial score (nSPS) is 12.5. The lowest BCUT2D eigenvalue weighted by Gasteiger charge is -2.19. The zero-order valence-electron chi connectivity index (χ0n) is 37.4. The summed E-state index contributed by atoms with van der Waals surface area (Å²) >= 11 is 0. The van der Waals surface area contributed by atoms with E-state index in [9.17, 15) is 63.3 Å². The van der Waals surface area contributed by atoms with Crippen LogP contribution in [0.3, 0.4) is 0 Å². The molecule has 0 aliphatic heterocycles. The fourth-order valence-corrected chi connectivity index (χ4v) is 6.72. The van der Waals surface area contributed by atoms with Crippen LogP contribution >= 0.6 is 0 Å². The number of ketones is 5. The van der Waals surface area contributed by atoms with Crippen molar-refractivity contribution in [3.05, 3.63) is 0 Å². The van der Waals surface area contributed by atoms with E-state index < -0.39 is 104 Å². The molecule has 0 rings (SSSR count). The monoisotopic (exact) mass is 882 g/mol. The molecule has 6 N–H and O–H groups in total. The van der Waals surface area contributed by atoms with E-state index in [2.05, 4.69) is 10.6 Å². The van der Waals surface area contributed by atoms with Crippen molar-refractivity contribution in [1.82, 2.24) is 15.5 Å². The van der Waals surface area contributed by atoms with Gasteiger partial charge in [0.1, 0.15) is 11.6 Å². The molecule has 0 radical (unpaired) electrons. The Balaban J connectivity index is 4.43. The number of unbranched alkanes of at least 4 members (excludes halogenated alkanes) is 13. The van der Waals surface area contributed by atoms with Gasteiger partial charge in [-0.25, -0.2) is 0 Å². The van der Waals surface area contributed by atoms with Crippen LogP contribution in [0.5, 0.6) is 0 Å². The van der Waals surface area contributed by atoms with Crippen molar-refractivity contribution in [2.75, 3.05) is 39.9 Å². The number of carboxylic acid groups (broad SMARTS) is 2. The van der Waals surface area contributed by atoms with Crippen LogP contribution in [0, 0.1) is 23.7 Å². The first-order valence-electron chi connectivity index (χ1n) is 22.5. The third kappa shape index (κ3) is 29.8. The zero-order valence-corrected chi connectivity index (χ0v) is 37.4. The maximum atomic E-state index is 12.8. The minimum Gasteiger partial charge on any atom is -0.481 e. The molecule has 0 saturated carbocycles. The zero-order chi connectivity index (χ0) is 46.9. The van der Waals surface area contributed by atoms with Gasteiger partial charge in [-0.2, -0.15) is 0 Å². The first-order chi connectivity index (χ1) is 29.4. The van der Waals surface area contributed by atoms with E-state index in [0.29, 0.717) is 6.42 Å². The lowest BCUT2D eigenvalue weighted by atomic mass is 9.94. The van der Waals surface area contributed by atoms with E-state index in [0.717, 1.165) is 56.3 Å². The molecular weight excluding hydrogens is 807 g/mol. The van der Waals surface area contributed by atoms with Crippen LogP contribution in [0.15, 0.2) is 0 Å². The Hall–Kier alpha value is -4.38. The predicted octanol–water partition coefficient (Wildman–Crippen LogP) is 4.15. The van der Waals surface area contributed by atoms with E-state index in [-0.39, 0.29) is 69.0 Å². The number of rotatable bonds is 41. The quantitative estimate of drug-likeness (QED) is 0.0471. The van der Waals surface area contributed by atoms with Crippen LogP contribution < -0.4 is 10.6 Å². The van der Waals surface area contributed by atoms with Crippen molar-refractivity contribution in [3.63, 3.8) is 0 Å². The number of likely N-dealkylation sites (N-methyl/N-ethyl adjacent to an activating group) is 1. The van der Waals surface area contributed by atoms with Crippen molar-refractivity contribution < 1.29 is 68.4 Å². The number of aliphatic hydroxyl groups is 2. The number of Topliss-reactive ketones (excluding diaryl/α,β-unsaturated/α-hetero) is 5. The second-order valence-corrected chi connectivity index (χ2v) is 16.7. The summed E-state index contributed by atoms with van der Waals surface area (Å²) in [7, 11) is 1.34. The molecule has 17 heteroatoms. The lowest BCUT2D eigenvalue weighted by Crippen LogP contribution is -2.41. The van der Waals surface area contributed by atoms with Crippen LogP contribution in [0.25, 0.3) is 0 Å². The summed E-state index contributed by atoms with van der Waals surface area (Å²) in [6.45, 7) is 0.571. The molecule has 0 aliphatic carbocycles. The Morgan fingerprint density at radius 1 is 0.484 bits per heavy atom. The summed E-state index contributed by atoms with van der Waals surface area (Å²) in [5.41, 5.74) is 0. The number of carbonyl (C=O) groups is 10. The Kier molecular flexibility index (Phi) is 32.6. The van der Waals surface area contributed by atoms with E-state index in [4.69, 9.17) is 5.11 Å². The number of hydrogen-bond acceptors (Lipinski definition) is 12. The number of amides is 3. The van der Waals surface area contributed by atoms with Gasteiger partial charge in [0.15, 0.2) is 17.3 Å². The first-order valence-corrected chi connectivity index (χ1v) is 22.5. The Bertz CT molecular complexity index is 1430. The molecule has 0 heterocycles. The highest BCUT2D eigenvalue weighted by atomic mass is 16.4. The highest BCUT2D eigenvalue weighted by Crippen LogP contribution is 2.18. The Morgan fingerprint density at radius 2 is 0.903 bits per heavy atom. The minimum atomic E-state index is -1.26. The summed E-state index contributed by atoms with van der Waals surface area (Å²) in [5, 5.41) is 42.3. The van der Waals surface area contributed by atoms with Crippen molar-refractivity contribution in [2.45, 2.75) is 162 Å². The third-order valence-corrected chi connectivity index (χ3v) is 10.8. The molecular formula is C45H75N3O14. The highest BCUT2D eigenvalue weighted by molar-refractivity contribution is 5.94. The molecule has 0 aliphatic rings. The van der Waals surface area contributed by atoms with Gasteiger partial charge in [-0.3, -0.25) is 47.9 Å². The van der Waals surface area contributed by atoms with Crippen molar-refractivity contribution in [1.29, 1.82) is 0 Å². The Labute approximate surface area is 366 Å². The molecule has 354 valence electrons. The molecule has 0 spiro atoms. The second kappa shape index (κ2) is 35.1. The van der Waals surface area contributed by atoms with Gasteiger partial charge in [0, 0.05) is 64.3 Å². The standard InChI is InChI=1S/C45H75N3O14/c1-32(2)40(55)22-21-37(52)27-46-43(59)34(30-49)25-38(53)28-47-44(60)35(31-50)26-39(54)29-48(3)41(56)23-20-33(45(61)62)24-36(51)18-16-14-12-10-8-6-4-5-7-9-11-13-15-17-19-42(57)58/h32-35,49-50H,4-31H2,1-3H3,(H,46,59)(H,47,60)(H,57,58)(H,61,62)/t33-,34+,35+/m1/s1. The topological polar surface area (TPSA) is 279 Å². The summed E-state index contributed by atoms with van der Waals surface area (Å²) in [5.74, 6) is -9.68. The summed E-state index contributed by atoms with van der Waals surface area (Å²) in [6.07, 6.45) is 13.7. The number of nitrogens with one attached hydrogen (secondary N) is 2. The Morgan fingerprint density at radius 3 is 1.34 bits per heavy atom. The van der Waals surface area contributed by atoms with Crippen LogP contribution in [0.4, 0.5) is 0 Å². The van der Waals surface area contributed by atoms with Gasteiger partial charge >= 0.3 is 11.9 Å². The van der Waals surface area contributed by atoms with Crippen LogP contribution in [-0.2, 0) is 47.9 Å². The van der Waals surface area contributed by atoms with E-state index >= 15 is 0 Å². The molecule has 0 aromatic heterocycles. The van der Waals surface area contributed by atoms with Crippen molar-refractivity contribution >= 4 is 58.6 Å². The van der Waals surface area contributed by atoms with E-state index in [1.165, 1.54) is 39.2 Å². The maximum absolute atomic E-state index is 12.8. The van der Waals surface area contributed by atoms with E-state index in [1.807, 2.05) is 0 Å². The summed E-state index contributed by atoms with van der Waals surface area (Å²) in [4.78, 5) is 123. The molecule has 0 aromatic carbocycles. The lowest BCUT2D eigenvalue weighted by molar-refractivity contribution is -0.144. The number of carbonyl (C=O) groups excluding carboxylic acids is 8. The van der Waals surface area contributed by atoms with Crippen molar-refractivity contribution in [2.24, 2.45) is 23.7 Å². The fourth-order valence-electron chi connectivity index (χ4n) is 6.72. The van der Waals surface area contributed by atoms with Crippen LogP contribution in [0.1, 0.15) is 162 Å². The van der Waals surface area contributed by atoms with Crippen molar-refractivity contribution in [3.8, 4) is 0 Å².